The van der Waals surface area contributed by atoms with Crippen LogP contribution in [0, 0.1) is 5.92 Å². The van der Waals surface area contributed by atoms with E-state index in [1.54, 1.807) is 24.3 Å². The minimum atomic E-state index is -0.231. The smallest absolute Gasteiger partial charge is 0.241 e. The maximum absolute atomic E-state index is 12.6. The summed E-state index contributed by atoms with van der Waals surface area (Å²) >= 11 is 5.87. The number of ether oxygens (including phenoxy) is 1. The lowest BCUT2D eigenvalue weighted by Gasteiger charge is -2.37. The molecule has 2 aliphatic heterocycles. The Balaban J connectivity index is 1.48. The van der Waals surface area contributed by atoms with E-state index in [0.29, 0.717) is 31.3 Å². The van der Waals surface area contributed by atoms with Gasteiger partial charge in [-0.2, -0.15) is 0 Å². The highest BCUT2D eigenvalue weighted by molar-refractivity contribution is 6.30. The molecule has 2 fully saturated rings. The highest BCUT2D eigenvalue weighted by Crippen LogP contribution is 2.22. The number of morpholine rings is 1. The molecule has 0 bridgehead atoms. The number of halogens is 1. The largest absolute Gasteiger partial charge is 0.378 e. The summed E-state index contributed by atoms with van der Waals surface area (Å²) in [5, 5.41) is 3.57. The van der Waals surface area contributed by atoms with Crippen molar-refractivity contribution in [1.82, 2.24) is 9.80 Å². The third-order valence-electron chi connectivity index (χ3n) is 5.24. The SMILES string of the molecule is CC(C(=O)Nc1ccc(Cl)cc1)N1CCC(C(=O)N2CCOCC2)CC1. The van der Waals surface area contributed by atoms with Crippen molar-refractivity contribution in [1.29, 1.82) is 0 Å². The lowest BCUT2D eigenvalue weighted by atomic mass is 9.94. The molecule has 1 unspecified atom stereocenters. The van der Waals surface area contributed by atoms with Crippen LogP contribution in [-0.4, -0.2) is 67.0 Å². The van der Waals surface area contributed by atoms with Crippen LogP contribution in [0.2, 0.25) is 5.02 Å². The quantitative estimate of drug-likeness (QED) is 0.871. The van der Waals surface area contributed by atoms with Crippen LogP contribution in [-0.2, 0) is 14.3 Å². The first-order valence-electron chi connectivity index (χ1n) is 9.21. The van der Waals surface area contributed by atoms with Crippen LogP contribution in [0.5, 0.6) is 0 Å². The normalized spacial score (nSPS) is 20.6. The van der Waals surface area contributed by atoms with E-state index in [1.807, 2.05) is 11.8 Å². The standard InChI is InChI=1S/C19H26ClN3O3/c1-14(18(24)21-17-4-2-16(20)3-5-17)22-8-6-15(7-9-22)19(25)23-10-12-26-13-11-23/h2-5,14-15H,6-13H2,1H3,(H,21,24). The average Bonchev–Trinajstić information content (AvgIpc) is 2.69. The van der Waals surface area contributed by atoms with E-state index in [0.717, 1.165) is 31.6 Å². The number of benzene rings is 1. The van der Waals surface area contributed by atoms with Gasteiger partial charge in [-0.1, -0.05) is 11.6 Å². The van der Waals surface area contributed by atoms with E-state index in [2.05, 4.69) is 10.2 Å². The molecule has 6 nitrogen and oxygen atoms in total. The summed E-state index contributed by atoms with van der Waals surface area (Å²) in [6.07, 6.45) is 1.60. The van der Waals surface area contributed by atoms with Gasteiger partial charge < -0.3 is 15.0 Å². The van der Waals surface area contributed by atoms with E-state index in [1.165, 1.54) is 0 Å². The summed E-state index contributed by atoms with van der Waals surface area (Å²) in [5.41, 5.74) is 0.739. The first-order chi connectivity index (χ1) is 12.5. The molecule has 7 heteroatoms. The third-order valence-corrected chi connectivity index (χ3v) is 5.49. The summed E-state index contributed by atoms with van der Waals surface area (Å²) in [4.78, 5) is 29.1. The highest BCUT2D eigenvalue weighted by atomic mass is 35.5. The number of likely N-dealkylation sites (tertiary alicyclic amines) is 1. The van der Waals surface area contributed by atoms with E-state index >= 15 is 0 Å². The molecule has 0 saturated carbocycles. The monoisotopic (exact) mass is 379 g/mol. The molecule has 1 aromatic carbocycles. The zero-order valence-corrected chi connectivity index (χ0v) is 15.9. The van der Waals surface area contributed by atoms with Crippen molar-refractivity contribution in [2.24, 2.45) is 5.92 Å². The molecule has 0 aromatic heterocycles. The van der Waals surface area contributed by atoms with Gasteiger partial charge in [0, 0.05) is 29.7 Å². The van der Waals surface area contributed by atoms with Crippen molar-refractivity contribution in [2.45, 2.75) is 25.8 Å². The third kappa shape index (κ3) is 4.75. The molecule has 1 N–H and O–H groups in total. The van der Waals surface area contributed by atoms with Crippen molar-refractivity contribution in [3.63, 3.8) is 0 Å². The molecule has 26 heavy (non-hydrogen) atoms. The second kappa shape index (κ2) is 8.84. The first-order valence-corrected chi connectivity index (χ1v) is 9.59. The summed E-state index contributed by atoms with van der Waals surface area (Å²) in [6, 6.07) is 6.86. The molecule has 1 aromatic rings. The van der Waals surface area contributed by atoms with Gasteiger partial charge in [-0.25, -0.2) is 0 Å². The van der Waals surface area contributed by atoms with Gasteiger partial charge in [0.1, 0.15) is 0 Å². The summed E-state index contributed by atoms with van der Waals surface area (Å²) in [7, 11) is 0. The van der Waals surface area contributed by atoms with Crippen molar-refractivity contribution in [3.8, 4) is 0 Å². The minimum Gasteiger partial charge on any atom is -0.378 e. The zero-order valence-electron chi connectivity index (χ0n) is 15.1. The molecule has 2 heterocycles. The van der Waals surface area contributed by atoms with E-state index in [9.17, 15) is 9.59 Å². The van der Waals surface area contributed by atoms with Crippen molar-refractivity contribution >= 4 is 29.1 Å². The number of hydrogen-bond acceptors (Lipinski definition) is 4. The molecule has 3 rings (SSSR count). The molecule has 142 valence electrons. The lowest BCUT2D eigenvalue weighted by molar-refractivity contribution is -0.141. The number of nitrogens with one attached hydrogen (secondary N) is 1. The number of hydrogen-bond donors (Lipinski definition) is 1. The van der Waals surface area contributed by atoms with E-state index in [-0.39, 0.29) is 23.8 Å². The van der Waals surface area contributed by atoms with Crippen LogP contribution in [0.1, 0.15) is 19.8 Å². The molecular formula is C19H26ClN3O3. The fourth-order valence-corrected chi connectivity index (χ4v) is 3.65. The predicted octanol–water partition coefficient (Wildman–Crippen LogP) is 2.24. The summed E-state index contributed by atoms with van der Waals surface area (Å²) in [5.74, 6) is 0.271. The molecule has 0 aliphatic carbocycles. The van der Waals surface area contributed by atoms with Gasteiger partial charge in [-0.3, -0.25) is 14.5 Å². The van der Waals surface area contributed by atoms with Crippen LogP contribution >= 0.6 is 11.6 Å². The Labute approximate surface area is 159 Å². The maximum Gasteiger partial charge on any atom is 0.241 e. The first kappa shape index (κ1) is 19.1. The van der Waals surface area contributed by atoms with Gasteiger partial charge in [0.05, 0.1) is 19.3 Å². The summed E-state index contributed by atoms with van der Waals surface area (Å²) in [6.45, 7) is 6.08. The molecule has 2 aliphatic rings. The number of rotatable bonds is 4. The van der Waals surface area contributed by atoms with Gasteiger partial charge in [0.15, 0.2) is 0 Å². The maximum atomic E-state index is 12.6. The fraction of sp³-hybridized carbons (Fsp3) is 0.579. The van der Waals surface area contributed by atoms with Crippen LogP contribution in [0.25, 0.3) is 0 Å². The highest BCUT2D eigenvalue weighted by Gasteiger charge is 2.32. The van der Waals surface area contributed by atoms with Gasteiger partial charge in [0.2, 0.25) is 11.8 Å². The van der Waals surface area contributed by atoms with Gasteiger partial charge >= 0.3 is 0 Å². The van der Waals surface area contributed by atoms with Gasteiger partial charge in [0.25, 0.3) is 0 Å². The Morgan fingerprint density at radius 2 is 1.73 bits per heavy atom. The number of nitrogens with zero attached hydrogens (tertiary/aromatic N) is 2. The number of carbonyl (C=O) groups is 2. The minimum absolute atomic E-state index is 0.0368. The Morgan fingerprint density at radius 3 is 2.35 bits per heavy atom. The lowest BCUT2D eigenvalue weighted by Crippen LogP contribution is -2.50. The Kier molecular flexibility index (Phi) is 6.51. The fourth-order valence-electron chi connectivity index (χ4n) is 3.52. The number of piperidine rings is 1. The van der Waals surface area contributed by atoms with Crippen LogP contribution in [0.4, 0.5) is 5.69 Å². The van der Waals surface area contributed by atoms with Crippen molar-refractivity contribution in [3.05, 3.63) is 29.3 Å². The number of anilines is 1. The topological polar surface area (TPSA) is 61.9 Å². The van der Waals surface area contributed by atoms with E-state index < -0.39 is 0 Å². The van der Waals surface area contributed by atoms with Crippen LogP contribution < -0.4 is 5.32 Å². The van der Waals surface area contributed by atoms with Crippen LogP contribution in [0.15, 0.2) is 24.3 Å². The molecular weight excluding hydrogens is 354 g/mol. The zero-order chi connectivity index (χ0) is 18.5. The van der Waals surface area contributed by atoms with Crippen molar-refractivity contribution < 1.29 is 14.3 Å². The second-order valence-electron chi connectivity index (χ2n) is 6.92. The molecule has 1 atom stereocenters. The van der Waals surface area contributed by atoms with E-state index in [4.69, 9.17) is 16.3 Å². The molecule has 2 saturated heterocycles. The average molecular weight is 380 g/mol. The predicted molar refractivity (Wildman–Crippen MR) is 101 cm³/mol. The number of amides is 2. The Morgan fingerprint density at radius 1 is 1.12 bits per heavy atom. The number of carbonyl (C=O) groups excluding carboxylic acids is 2. The van der Waals surface area contributed by atoms with Gasteiger partial charge in [-0.15, -0.1) is 0 Å². The Hall–Kier alpha value is -1.63. The summed E-state index contributed by atoms with van der Waals surface area (Å²) < 4.78 is 5.31. The molecule has 0 radical (unpaired) electrons. The molecule has 2 amide bonds. The Bertz CT molecular complexity index is 623. The van der Waals surface area contributed by atoms with Gasteiger partial charge in [-0.05, 0) is 57.1 Å². The molecule has 0 spiro atoms. The second-order valence-corrected chi connectivity index (χ2v) is 7.36. The van der Waals surface area contributed by atoms with Crippen molar-refractivity contribution in [2.75, 3.05) is 44.7 Å². The van der Waals surface area contributed by atoms with Crippen LogP contribution in [0.3, 0.4) is 0 Å².